The average molecular weight is 340 g/mol. The lowest BCUT2D eigenvalue weighted by Gasteiger charge is -2.20. The minimum Gasteiger partial charge on any atom is -0.321 e. The van der Waals surface area contributed by atoms with Crippen molar-refractivity contribution in [3.63, 3.8) is 0 Å². The van der Waals surface area contributed by atoms with Crippen molar-refractivity contribution in [2.75, 3.05) is 0 Å². The summed E-state index contributed by atoms with van der Waals surface area (Å²) in [5, 5.41) is 8.74. The van der Waals surface area contributed by atoms with Crippen LogP contribution in [0.25, 0.3) is 12.2 Å². The van der Waals surface area contributed by atoms with Gasteiger partial charge >= 0.3 is 12.1 Å². The second-order valence-electron chi connectivity index (χ2n) is 4.77. The third-order valence-corrected chi connectivity index (χ3v) is 3.12. The molecule has 0 amide bonds. The van der Waals surface area contributed by atoms with Crippen LogP contribution < -0.4 is 5.56 Å². The number of hydrogen-bond acceptors (Lipinski definition) is 2. The van der Waals surface area contributed by atoms with Gasteiger partial charge in [-0.15, -0.1) is 0 Å². The Labute approximate surface area is 132 Å². The first-order valence-electron chi connectivity index (χ1n) is 6.52. The van der Waals surface area contributed by atoms with E-state index in [-0.39, 0.29) is 5.69 Å². The van der Waals surface area contributed by atoms with Gasteiger partial charge in [0.1, 0.15) is 11.6 Å². The molecule has 0 atom stereocenters. The molecule has 0 fully saturated rings. The standard InChI is InChI=1S/C16H9F5N2O/c17-15(18,16(19,20)21)13-8-11(23-14(24)12(13)9-22)7-6-10-4-2-1-3-5-10/h1-8H,(H,23,24)/b7-6+. The molecule has 1 heterocycles. The molecule has 0 bridgehead atoms. The molecule has 0 spiro atoms. The van der Waals surface area contributed by atoms with Crippen molar-refractivity contribution < 1.29 is 22.0 Å². The van der Waals surface area contributed by atoms with Gasteiger partial charge in [-0.05, 0) is 17.7 Å². The summed E-state index contributed by atoms with van der Waals surface area (Å²) in [5.74, 6) is -5.32. The van der Waals surface area contributed by atoms with Crippen molar-refractivity contribution in [3.05, 3.63) is 69.1 Å². The third-order valence-electron chi connectivity index (χ3n) is 3.12. The van der Waals surface area contributed by atoms with Crippen LogP contribution in [0.15, 0.2) is 41.2 Å². The number of nitriles is 1. The number of hydrogen-bond donors (Lipinski definition) is 1. The fourth-order valence-electron chi connectivity index (χ4n) is 1.93. The van der Waals surface area contributed by atoms with Gasteiger partial charge in [-0.3, -0.25) is 4.79 Å². The molecule has 0 aliphatic rings. The first kappa shape index (κ1) is 17.4. The van der Waals surface area contributed by atoms with Gasteiger partial charge in [0.05, 0.1) is 5.56 Å². The molecule has 0 aliphatic heterocycles. The number of halogens is 5. The monoisotopic (exact) mass is 340 g/mol. The smallest absolute Gasteiger partial charge is 0.321 e. The molecule has 8 heteroatoms. The lowest BCUT2D eigenvalue weighted by atomic mass is 10.0. The SMILES string of the molecule is N#Cc1c(C(F)(F)C(F)(F)F)cc(/C=C/c2ccccc2)[nH]c1=O. The Kier molecular flexibility index (Phi) is 4.55. The van der Waals surface area contributed by atoms with E-state index >= 15 is 0 Å². The zero-order valence-electron chi connectivity index (χ0n) is 11.9. The molecule has 0 saturated heterocycles. The van der Waals surface area contributed by atoms with Crippen LogP contribution >= 0.6 is 0 Å². The van der Waals surface area contributed by atoms with E-state index in [1.807, 2.05) is 0 Å². The molecule has 0 saturated carbocycles. The summed E-state index contributed by atoms with van der Waals surface area (Å²) in [5.41, 5.74) is -3.89. The summed E-state index contributed by atoms with van der Waals surface area (Å²) in [6.45, 7) is 0. The fourth-order valence-corrected chi connectivity index (χ4v) is 1.93. The van der Waals surface area contributed by atoms with E-state index in [2.05, 4.69) is 4.98 Å². The highest BCUT2D eigenvalue weighted by Crippen LogP contribution is 2.44. The first-order valence-corrected chi connectivity index (χ1v) is 6.52. The maximum absolute atomic E-state index is 13.6. The second kappa shape index (κ2) is 6.28. The Morgan fingerprint density at radius 3 is 2.21 bits per heavy atom. The van der Waals surface area contributed by atoms with E-state index in [1.165, 1.54) is 12.2 Å². The Morgan fingerprint density at radius 2 is 1.67 bits per heavy atom. The van der Waals surface area contributed by atoms with Crippen molar-refractivity contribution >= 4 is 12.2 Å². The van der Waals surface area contributed by atoms with E-state index in [1.54, 1.807) is 30.3 Å². The van der Waals surface area contributed by atoms with Gasteiger partial charge in [-0.1, -0.05) is 36.4 Å². The lowest BCUT2D eigenvalue weighted by molar-refractivity contribution is -0.289. The van der Waals surface area contributed by atoms with E-state index < -0.39 is 28.8 Å². The highest BCUT2D eigenvalue weighted by molar-refractivity contribution is 5.68. The summed E-state index contributed by atoms with van der Waals surface area (Å²) in [6, 6.07) is 10.0. The van der Waals surface area contributed by atoms with Gasteiger partial charge in [0, 0.05) is 5.69 Å². The quantitative estimate of drug-likeness (QED) is 0.856. The molecule has 124 valence electrons. The molecule has 24 heavy (non-hydrogen) atoms. The number of aromatic amines is 1. The first-order chi connectivity index (χ1) is 11.2. The maximum atomic E-state index is 13.6. The molecule has 1 aromatic carbocycles. The van der Waals surface area contributed by atoms with Gasteiger partial charge in [-0.25, -0.2) is 0 Å². The normalized spacial score (nSPS) is 12.3. The highest BCUT2D eigenvalue weighted by atomic mass is 19.4. The number of nitrogens with one attached hydrogen (secondary N) is 1. The molecule has 2 aromatic rings. The number of H-pyrrole nitrogens is 1. The van der Waals surface area contributed by atoms with Crippen molar-refractivity contribution in [3.8, 4) is 6.07 Å². The van der Waals surface area contributed by atoms with Crippen LogP contribution in [0.1, 0.15) is 22.4 Å². The molecular formula is C16H9F5N2O. The minimum atomic E-state index is -5.92. The van der Waals surface area contributed by atoms with Crippen molar-refractivity contribution in [2.24, 2.45) is 0 Å². The highest BCUT2D eigenvalue weighted by Gasteiger charge is 2.60. The largest absolute Gasteiger partial charge is 0.458 e. The topological polar surface area (TPSA) is 56.6 Å². The summed E-state index contributed by atoms with van der Waals surface area (Å²) in [6.07, 6.45) is -3.33. The predicted octanol–water partition coefficient (Wildman–Crippen LogP) is 4.07. The van der Waals surface area contributed by atoms with Crippen LogP contribution in [0.5, 0.6) is 0 Å². The minimum absolute atomic E-state index is 0.276. The van der Waals surface area contributed by atoms with E-state index in [0.29, 0.717) is 11.6 Å². The van der Waals surface area contributed by atoms with Crippen LogP contribution in [0.4, 0.5) is 22.0 Å². The van der Waals surface area contributed by atoms with Gasteiger partial charge in [0.25, 0.3) is 5.56 Å². The number of alkyl halides is 5. The number of rotatable bonds is 3. The maximum Gasteiger partial charge on any atom is 0.458 e. The number of aromatic nitrogens is 1. The molecule has 1 aromatic heterocycles. The van der Waals surface area contributed by atoms with Gasteiger partial charge in [0.15, 0.2) is 0 Å². The van der Waals surface area contributed by atoms with Gasteiger partial charge in [-0.2, -0.15) is 27.2 Å². The average Bonchev–Trinajstić information content (AvgIpc) is 2.52. The van der Waals surface area contributed by atoms with Crippen molar-refractivity contribution in [1.29, 1.82) is 5.26 Å². The Hall–Kier alpha value is -2.95. The number of pyridine rings is 1. The summed E-state index contributed by atoms with van der Waals surface area (Å²) in [4.78, 5) is 13.8. The summed E-state index contributed by atoms with van der Waals surface area (Å²) in [7, 11) is 0. The third kappa shape index (κ3) is 3.35. The Bertz CT molecular complexity index is 861. The van der Waals surface area contributed by atoms with Crippen LogP contribution in [0.2, 0.25) is 0 Å². The number of nitrogens with zero attached hydrogens (tertiary/aromatic N) is 1. The zero-order valence-corrected chi connectivity index (χ0v) is 11.9. The van der Waals surface area contributed by atoms with E-state index in [4.69, 9.17) is 5.26 Å². The second-order valence-corrected chi connectivity index (χ2v) is 4.77. The van der Waals surface area contributed by atoms with E-state index in [0.717, 1.165) is 6.07 Å². The molecule has 2 rings (SSSR count). The Morgan fingerprint density at radius 1 is 1.04 bits per heavy atom. The fraction of sp³-hybridized carbons (Fsp3) is 0.125. The molecular weight excluding hydrogens is 331 g/mol. The van der Waals surface area contributed by atoms with Crippen molar-refractivity contribution in [2.45, 2.75) is 12.1 Å². The Balaban J connectivity index is 2.57. The van der Waals surface area contributed by atoms with E-state index in [9.17, 15) is 26.7 Å². The van der Waals surface area contributed by atoms with Crippen LogP contribution in [-0.4, -0.2) is 11.2 Å². The van der Waals surface area contributed by atoms with Gasteiger partial charge in [0.2, 0.25) is 0 Å². The molecule has 0 aliphatic carbocycles. The van der Waals surface area contributed by atoms with Gasteiger partial charge < -0.3 is 4.98 Å². The number of benzene rings is 1. The van der Waals surface area contributed by atoms with Crippen LogP contribution in [0.3, 0.4) is 0 Å². The summed E-state index contributed by atoms with van der Waals surface area (Å²) < 4.78 is 64.8. The molecule has 0 unspecified atom stereocenters. The van der Waals surface area contributed by atoms with Crippen molar-refractivity contribution in [1.82, 2.24) is 4.98 Å². The predicted molar refractivity (Wildman–Crippen MR) is 77.1 cm³/mol. The van der Waals surface area contributed by atoms with Crippen LogP contribution in [0, 0.1) is 11.3 Å². The lowest BCUT2D eigenvalue weighted by Crippen LogP contribution is -2.36. The zero-order chi connectivity index (χ0) is 18.0. The molecule has 3 nitrogen and oxygen atoms in total. The molecule has 0 radical (unpaired) electrons. The molecule has 1 N–H and O–H groups in total. The van der Waals surface area contributed by atoms with Crippen LogP contribution in [-0.2, 0) is 5.92 Å². The summed E-state index contributed by atoms with van der Waals surface area (Å²) >= 11 is 0.